The summed E-state index contributed by atoms with van der Waals surface area (Å²) in [6.45, 7) is 8.04. The minimum absolute atomic E-state index is 0.0378. The summed E-state index contributed by atoms with van der Waals surface area (Å²) in [5, 5.41) is 15.2. The Labute approximate surface area is 203 Å². The second kappa shape index (κ2) is 12.6. The smallest absolute Gasteiger partial charge is 0.307 e. The van der Waals surface area contributed by atoms with Crippen LogP contribution >= 0.6 is 0 Å². The average Bonchev–Trinajstić information content (AvgIpc) is 2.81. The topological polar surface area (TPSA) is 87.7 Å². The van der Waals surface area contributed by atoms with Crippen molar-refractivity contribution in [2.24, 2.45) is 17.8 Å². The summed E-state index contributed by atoms with van der Waals surface area (Å²) in [6.07, 6.45) is 3.68. The monoisotopic (exact) mass is 466 g/mol. The number of carboxylic acid groups (broad SMARTS) is 1. The number of rotatable bonds is 11. The largest absolute Gasteiger partial charge is 0.481 e. The normalized spacial score (nSPS) is 20.2. The van der Waals surface area contributed by atoms with Gasteiger partial charge in [-0.3, -0.25) is 9.59 Å². The molecule has 6 nitrogen and oxygen atoms in total. The van der Waals surface area contributed by atoms with E-state index in [9.17, 15) is 9.59 Å². The van der Waals surface area contributed by atoms with Crippen molar-refractivity contribution in [2.75, 3.05) is 11.9 Å². The quantitative estimate of drug-likeness (QED) is 0.433. The lowest BCUT2D eigenvalue weighted by Gasteiger charge is -2.38. The van der Waals surface area contributed by atoms with Crippen LogP contribution in [0.15, 0.2) is 48.5 Å². The summed E-state index contributed by atoms with van der Waals surface area (Å²) in [7, 11) is 0. The maximum Gasteiger partial charge on any atom is 0.307 e. The van der Waals surface area contributed by atoms with Gasteiger partial charge in [-0.1, -0.05) is 70.0 Å². The van der Waals surface area contributed by atoms with Crippen molar-refractivity contribution in [3.63, 3.8) is 0 Å². The Balaban J connectivity index is 1.39. The van der Waals surface area contributed by atoms with Gasteiger partial charge in [0.25, 0.3) is 0 Å². The van der Waals surface area contributed by atoms with E-state index in [2.05, 4.69) is 31.4 Å². The van der Waals surface area contributed by atoms with Crippen LogP contribution in [0.1, 0.15) is 56.7 Å². The third-order valence-corrected chi connectivity index (χ3v) is 6.75. The van der Waals surface area contributed by atoms with E-state index in [0.717, 1.165) is 28.8 Å². The molecule has 1 aliphatic rings. The second-order valence-electron chi connectivity index (χ2n) is 9.79. The van der Waals surface area contributed by atoms with E-state index < -0.39 is 5.97 Å². The number of carbonyl (C=O) groups excluding carboxylic acids is 1. The maximum atomic E-state index is 12.3. The molecule has 1 amide bonds. The number of amides is 1. The molecule has 0 radical (unpaired) electrons. The van der Waals surface area contributed by atoms with Crippen molar-refractivity contribution < 1.29 is 19.4 Å². The SMILES string of the molecule is CC(C)C1C(C)CCCC1OCC(=O)NCc1ccc(NCc2ccc(CC(=O)O)cc2)cc1. The highest BCUT2D eigenvalue weighted by Gasteiger charge is 2.33. The van der Waals surface area contributed by atoms with E-state index >= 15 is 0 Å². The Morgan fingerprint density at radius 2 is 1.59 bits per heavy atom. The Hall–Kier alpha value is -2.86. The van der Waals surface area contributed by atoms with Gasteiger partial charge >= 0.3 is 5.97 Å². The number of ether oxygens (including phenoxy) is 1. The predicted molar refractivity (Wildman–Crippen MR) is 134 cm³/mol. The summed E-state index contributed by atoms with van der Waals surface area (Å²) in [5.74, 6) is 0.823. The molecule has 3 N–H and O–H groups in total. The molecule has 3 atom stereocenters. The van der Waals surface area contributed by atoms with Gasteiger partial charge in [-0.15, -0.1) is 0 Å². The number of hydrogen-bond donors (Lipinski definition) is 3. The van der Waals surface area contributed by atoms with Gasteiger partial charge in [0.1, 0.15) is 6.61 Å². The molecule has 0 aliphatic heterocycles. The van der Waals surface area contributed by atoms with Gasteiger partial charge in [0.15, 0.2) is 0 Å². The highest BCUT2D eigenvalue weighted by Crippen LogP contribution is 2.36. The number of carbonyl (C=O) groups is 2. The minimum Gasteiger partial charge on any atom is -0.481 e. The van der Waals surface area contributed by atoms with E-state index in [1.54, 1.807) is 0 Å². The van der Waals surface area contributed by atoms with Crippen LogP contribution in [0.3, 0.4) is 0 Å². The molecule has 0 saturated heterocycles. The first-order chi connectivity index (χ1) is 16.3. The molecule has 0 aromatic heterocycles. The Morgan fingerprint density at radius 3 is 2.24 bits per heavy atom. The van der Waals surface area contributed by atoms with E-state index in [-0.39, 0.29) is 25.0 Å². The summed E-state index contributed by atoms with van der Waals surface area (Å²) in [6, 6.07) is 15.6. The van der Waals surface area contributed by atoms with Crippen LogP contribution in [0.4, 0.5) is 5.69 Å². The highest BCUT2D eigenvalue weighted by molar-refractivity contribution is 5.77. The second-order valence-corrected chi connectivity index (χ2v) is 9.79. The molecule has 34 heavy (non-hydrogen) atoms. The number of hydrogen-bond acceptors (Lipinski definition) is 4. The minimum atomic E-state index is -0.826. The lowest BCUT2D eigenvalue weighted by atomic mass is 9.72. The molecule has 184 valence electrons. The number of nitrogens with one attached hydrogen (secondary N) is 2. The van der Waals surface area contributed by atoms with E-state index in [0.29, 0.717) is 30.8 Å². The van der Waals surface area contributed by atoms with Crippen molar-refractivity contribution in [3.8, 4) is 0 Å². The first kappa shape index (κ1) is 25.8. The average molecular weight is 467 g/mol. The summed E-state index contributed by atoms with van der Waals surface area (Å²) >= 11 is 0. The van der Waals surface area contributed by atoms with Crippen molar-refractivity contribution in [2.45, 2.75) is 65.6 Å². The molecule has 1 fully saturated rings. The Morgan fingerprint density at radius 1 is 0.971 bits per heavy atom. The van der Waals surface area contributed by atoms with Crippen LogP contribution in [0.5, 0.6) is 0 Å². The van der Waals surface area contributed by atoms with Crippen molar-refractivity contribution in [3.05, 3.63) is 65.2 Å². The number of benzene rings is 2. The molecular formula is C28H38N2O4. The Bertz CT molecular complexity index is 924. The van der Waals surface area contributed by atoms with Crippen LogP contribution < -0.4 is 10.6 Å². The Kier molecular flexibility index (Phi) is 9.52. The van der Waals surface area contributed by atoms with Crippen molar-refractivity contribution in [1.82, 2.24) is 5.32 Å². The lowest BCUT2D eigenvalue weighted by Crippen LogP contribution is -2.39. The molecule has 2 aromatic carbocycles. The van der Waals surface area contributed by atoms with Gasteiger partial charge < -0.3 is 20.5 Å². The van der Waals surface area contributed by atoms with Gasteiger partial charge in [0, 0.05) is 18.8 Å². The summed E-state index contributed by atoms with van der Waals surface area (Å²) in [4.78, 5) is 23.1. The molecule has 2 aromatic rings. The zero-order valence-corrected chi connectivity index (χ0v) is 20.5. The van der Waals surface area contributed by atoms with Crippen molar-refractivity contribution in [1.29, 1.82) is 0 Å². The zero-order chi connectivity index (χ0) is 24.5. The molecule has 0 bridgehead atoms. The molecule has 0 heterocycles. The fourth-order valence-electron chi connectivity index (χ4n) is 5.00. The molecule has 3 rings (SSSR count). The predicted octanol–water partition coefficient (Wildman–Crippen LogP) is 5.02. The van der Waals surface area contributed by atoms with Crippen LogP contribution in [-0.4, -0.2) is 29.7 Å². The number of anilines is 1. The standard InChI is InChI=1S/C28H38N2O4/c1-19(2)28-20(3)5-4-6-25(28)34-18-26(31)30-17-23-11-13-24(14-12-23)29-16-22-9-7-21(8-10-22)15-27(32)33/h7-14,19-20,25,28-29H,4-6,15-18H2,1-3H3,(H,30,31)(H,32,33). The third kappa shape index (κ3) is 7.87. The van der Waals surface area contributed by atoms with Crippen LogP contribution in [0, 0.1) is 17.8 Å². The molecule has 0 spiro atoms. The fourth-order valence-corrected chi connectivity index (χ4v) is 5.00. The van der Waals surface area contributed by atoms with Gasteiger partial charge in [-0.2, -0.15) is 0 Å². The molecule has 1 aliphatic carbocycles. The van der Waals surface area contributed by atoms with Crippen LogP contribution in [0.2, 0.25) is 0 Å². The number of aliphatic carboxylic acids is 1. The fraction of sp³-hybridized carbons (Fsp3) is 0.500. The molecule has 3 unspecified atom stereocenters. The first-order valence-electron chi connectivity index (χ1n) is 12.3. The molecule has 1 saturated carbocycles. The van der Waals surface area contributed by atoms with Gasteiger partial charge in [0.05, 0.1) is 12.5 Å². The molecular weight excluding hydrogens is 428 g/mol. The number of carboxylic acids is 1. The van der Waals surface area contributed by atoms with Crippen molar-refractivity contribution >= 4 is 17.6 Å². The van der Waals surface area contributed by atoms with E-state index in [1.165, 1.54) is 12.8 Å². The van der Waals surface area contributed by atoms with E-state index in [4.69, 9.17) is 9.84 Å². The van der Waals surface area contributed by atoms with Gasteiger partial charge in [-0.05, 0) is 53.0 Å². The first-order valence-corrected chi connectivity index (χ1v) is 12.3. The summed E-state index contributed by atoms with van der Waals surface area (Å²) in [5.41, 5.74) is 3.89. The van der Waals surface area contributed by atoms with Crippen LogP contribution in [-0.2, 0) is 33.8 Å². The van der Waals surface area contributed by atoms with Crippen LogP contribution in [0.25, 0.3) is 0 Å². The van der Waals surface area contributed by atoms with Gasteiger partial charge in [0.2, 0.25) is 5.91 Å². The highest BCUT2D eigenvalue weighted by atomic mass is 16.5. The zero-order valence-electron chi connectivity index (χ0n) is 20.5. The van der Waals surface area contributed by atoms with E-state index in [1.807, 2.05) is 48.5 Å². The molecule has 6 heteroatoms. The lowest BCUT2D eigenvalue weighted by molar-refractivity contribution is -0.136. The third-order valence-electron chi connectivity index (χ3n) is 6.75. The maximum absolute atomic E-state index is 12.3. The van der Waals surface area contributed by atoms with Gasteiger partial charge in [-0.25, -0.2) is 0 Å². The summed E-state index contributed by atoms with van der Waals surface area (Å²) < 4.78 is 6.05.